The number of halogens is 1. The molecule has 2 aliphatic rings. The quantitative estimate of drug-likeness (QED) is 0.0641. The summed E-state index contributed by atoms with van der Waals surface area (Å²) in [5.74, 6) is 1.57. The van der Waals surface area contributed by atoms with Gasteiger partial charge in [-0.2, -0.15) is 36.2 Å². The monoisotopic (exact) mass is 732 g/mol. The van der Waals surface area contributed by atoms with Crippen molar-refractivity contribution in [3.63, 3.8) is 0 Å². The van der Waals surface area contributed by atoms with E-state index in [1.54, 1.807) is 12.3 Å². The van der Waals surface area contributed by atoms with Crippen LogP contribution in [0.1, 0.15) is 151 Å². The number of fused-ring (bicyclic) bond motifs is 2. The number of phenols is 1. The molecule has 1 aliphatic carbocycles. The maximum Gasteiger partial charge on any atom is 0.165 e. The first-order chi connectivity index (χ1) is 23.0. The van der Waals surface area contributed by atoms with E-state index in [0.717, 1.165) is 43.3 Å². The molecule has 1 saturated heterocycles. The lowest BCUT2D eigenvalue weighted by atomic mass is 9.58. The van der Waals surface area contributed by atoms with Crippen molar-refractivity contribution in [2.24, 2.45) is 11.3 Å². The Labute approximate surface area is 310 Å². The van der Waals surface area contributed by atoms with E-state index in [1.165, 1.54) is 81.7 Å². The number of unbranched alkanes of at least 4 members (excludes halogenated alkanes) is 4. The molecule has 1 heterocycles. The number of aliphatic hydroxyl groups excluding tert-OH is 1. The molecule has 282 valence electrons. The van der Waals surface area contributed by atoms with Gasteiger partial charge in [0.25, 0.3) is 0 Å². The van der Waals surface area contributed by atoms with Gasteiger partial charge in [-0.3, -0.25) is 0 Å². The fourth-order valence-corrected chi connectivity index (χ4v) is 8.11. The number of hydrogen-bond acceptors (Lipinski definition) is 7. The van der Waals surface area contributed by atoms with Crippen LogP contribution in [0.15, 0.2) is 29.8 Å². The van der Waals surface area contributed by atoms with Gasteiger partial charge in [0.05, 0.1) is 18.3 Å². The molecule has 0 amide bonds. The second-order valence-corrected chi connectivity index (χ2v) is 15.5. The third-order valence-corrected chi connectivity index (χ3v) is 12.1. The summed E-state index contributed by atoms with van der Waals surface area (Å²) in [6.45, 7) is 18.4. The lowest BCUT2D eigenvalue weighted by Crippen LogP contribution is -2.56. The van der Waals surface area contributed by atoms with Gasteiger partial charge in [0, 0.05) is 16.1 Å². The molecule has 1 aromatic carbocycles. The Morgan fingerprint density at radius 1 is 1.04 bits per heavy atom. The molecule has 1 aliphatic heterocycles. The third kappa shape index (κ3) is 16.1. The second kappa shape index (κ2) is 28.0. The van der Waals surface area contributed by atoms with Crippen molar-refractivity contribution in [2.75, 3.05) is 30.6 Å². The Hall–Kier alpha value is -0.670. The minimum absolute atomic E-state index is 0.0854. The number of aromatic hydroxyl groups is 1. The highest BCUT2D eigenvalue weighted by Gasteiger charge is 2.55. The molecule has 1 fully saturated rings. The molecule has 0 saturated carbocycles. The summed E-state index contributed by atoms with van der Waals surface area (Å²) in [6, 6.07) is 4.61. The van der Waals surface area contributed by atoms with E-state index in [1.807, 2.05) is 41.5 Å². The van der Waals surface area contributed by atoms with Crippen LogP contribution in [0.25, 0.3) is 0 Å². The minimum Gasteiger partial charge on any atom is -0.505 e. The number of aldehydes is 1. The molecule has 0 spiro atoms. The van der Waals surface area contributed by atoms with Crippen LogP contribution in [0.5, 0.6) is 5.75 Å². The van der Waals surface area contributed by atoms with Gasteiger partial charge in [-0.25, -0.2) is 4.39 Å². The maximum absolute atomic E-state index is 14.3. The van der Waals surface area contributed by atoms with Crippen LogP contribution in [0.2, 0.25) is 0 Å². The summed E-state index contributed by atoms with van der Waals surface area (Å²) in [5.41, 5.74) is 1.30. The molecule has 4 unspecified atom stereocenters. The number of thiol groups is 1. The van der Waals surface area contributed by atoms with E-state index in [4.69, 9.17) is 9.53 Å². The second-order valence-electron chi connectivity index (χ2n) is 12.9. The lowest BCUT2D eigenvalue weighted by Gasteiger charge is -2.57. The normalized spacial score (nSPS) is 21.6. The van der Waals surface area contributed by atoms with Crippen molar-refractivity contribution in [3.05, 3.63) is 41.2 Å². The van der Waals surface area contributed by atoms with Crippen LogP contribution in [-0.4, -0.2) is 57.5 Å². The van der Waals surface area contributed by atoms with Crippen molar-refractivity contribution in [1.82, 2.24) is 0 Å². The van der Waals surface area contributed by atoms with E-state index < -0.39 is 11.4 Å². The fraction of sp³-hybridized carbons (Fsp3) is 0.775. The number of allylic oxidation sites excluding steroid dienone is 1. The molecule has 4 atom stereocenters. The largest absolute Gasteiger partial charge is 0.505 e. The average Bonchev–Trinajstić information content (AvgIpc) is 3.11. The van der Waals surface area contributed by atoms with Crippen molar-refractivity contribution < 1.29 is 24.1 Å². The number of ether oxygens (including phenoxy) is 1. The molecule has 0 aromatic heterocycles. The number of thioether (sulfide) groups is 2. The predicted octanol–water partition coefficient (Wildman–Crippen LogP) is 12.3. The number of hydrogen-bond donors (Lipinski definition) is 3. The Morgan fingerprint density at radius 3 is 2.19 bits per heavy atom. The lowest BCUT2D eigenvalue weighted by molar-refractivity contribution is -0.223. The first kappa shape index (κ1) is 49.4. The van der Waals surface area contributed by atoms with Crippen LogP contribution in [0.3, 0.4) is 0 Å². The molecule has 1 aromatic rings. The highest BCUT2D eigenvalue weighted by Crippen LogP contribution is 2.58. The van der Waals surface area contributed by atoms with Crippen LogP contribution >= 0.6 is 36.2 Å². The van der Waals surface area contributed by atoms with Crippen molar-refractivity contribution in [1.29, 1.82) is 0 Å². The summed E-state index contributed by atoms with van der Waals surface area (Å²) < 4.78 is 21.3. The van der Waals surface area contributed by atoms with Gasteiger partial charge in [-0.05, 0) is 107 Å². The number of aliphatic hydroxyl groups is 1. The summed E-state index contributed by atoms with van der Waals surface area (Å²) >= 11 is 7.65. The maximum atomic E-state index is 14.3. The summed E-state index contributed by atoms with van der Waals surface area (Å²) in [7, 11) is 0. The number of phenolic OH excluding ortho intramolecular Hbond substituents is 1. The SMILES string of the molecule is CC.CC.CC=O.CCCCC(C)(CCCCCCSCCCC1=CCC2(CO)CC1C(c1ccc(O)c(F)c1)OC2(C)C)SC.CS. The van der Waals surface area contributed by atoms with Gasteiger partial charge in [0.15, 0.2) is 11.6 Å². The fourth-order valence-electron chi connectivity index (χ4n) is 6.46. The van der Waals surface area contributed by atoms with Gasteiger partial charge in [0.1, 0.15) is 6.29 Å². The van der Waals surface area contributed by atoms with E-state index in [9.17, 15) is 14.6 Å². The van der Waals surface area contributed by atoms with Crippen LogP contribution in [-0.2, 0) is 9.53 Å². The number of benzene rings is 1. The van der Waals surface area contributed by atoms with Crippen molar-refractivity contribution >= 4 is 42.4 Å². The summed E-state index contributed by atoms with van der Waals surface area (Å²) in [6.07, 6.45) is 21.2. The molecule has 8 heteroatoms. The minimum atomic E-state index is -0.611. The van der Waals surface area contributed by atoms with Crippen LogP contribution in [0.4, 0.5) is 4.39 Å². The van der Waals surface area contributed by atoms with Crippen molar-refractivity contribution in [2.45, 2.75) is 156 Å². The molecule has 48 heavy (non-hydrogen) atoms. The molecule has 3 rings (SSSR count). The Kier molecular flexibility index (Phi) is 28.8. The smallest absolute Gasteiger partial charge is 0.165 e. The van der Waals surface area contributed by atoms with Gasteiger partial charge >= 0.3 is 0 Å². The summed E-state index contributed by atoms with van der Waals surface area (Å²) in [4.78, 5) is 8.81. The van der Waals surface area contributed by atoms with E-state index in [0.29, 0.717) is 4.75 Å². The predicted molar refractivity (Wildman–Crippen MR) is 217 cm³/mol. The zero-order valence-corrected chi connectivity index (χ0v) is 35.0. The molecular weight excluding hydrogens is 660 g/mol. The zero-order valence-electron chi connectivity index (χ0n) is 32.5. The highest BCUT2D eigenvalue weighted by molar-refractivity contribution is 8.00. The third-order valence-electron chi connectivity index (χ3n) is 9.56. The van der Waals surface area contributed by atoms with Gasteiger partial charge in [0.2, 0.25) is 0 Å². The molecule has 0 radical (unpaired) electrons. The first-order valence-electron chi connectivity index (χ1n) is 18.5. The average molecular weight is 733 g/mol. The van der Waals surface area contributed by atoms with Gasteiger partial charge < -0.3 is 19.7 Å². The first-order valence-corrected chi connectivity index (χ1v) is 21.7. The summed E-state index contributed by atoms with van der Waals surface area (Å²) in [5, 5.41) is 20.1. The standard InChI is InChI=1S/C33H53FO3S2.C2H4O.2C2H6.CH4S/c1-6-7-17-32(4,38-5)18-10-8-9-11-20-39-21-12-13-25-16-19-33(24-35)23-27(25)30(37-31(33,2)3)26-14-15-29(36)28(34)22-26;1-2-3;3*1-2/h14-16,22,27,30,35-36H,6-13,17-21,23-24H2,1-5H3;2H,1H3;2*1-2H3;2H,1H3. The van der Waals surface area contributed by atoms with Crippen LogP contribution < -0.4 is 0 Å². The Morgan fingerprint density at radius 2 is 1.62 bits per heavy atom. The molecular formula is C40H73FO4S3. The van der Waals surface area contributed by atoms with E-state index in [-0.39, 0.29) is 29.8 Å². The van der Waals surface area contributed by atoms with Crippen molar-refractivity contribution in [3.8, 4) is 5.75 Å². The highest BCUT2D eigenvalue weighted by atomic mass is 32.2. The van der Waals surface area contributed by atoms with E-state index in [2.05, 4.69) is 62.3 Å². The molecule has 2 bridgehead atoms. The number of carbonyl (C=O) groups excluding carboxylic acids is 1. The Balaban J connectivity index is 0. The molecule has 2 N–H and O–H groups in total. The topological polar surface area (TPSA) is 66.8 Å². The van der Waals surface area contributed by atoms with Gasteiger partial charge in [-0.1, -0.05) is 91.4 Å². The van der Waals surface area contributed by atoms with Crippen LogP contribution in [0, 0.1) is 17.2 Å². The van der Waals surface area contributed by atoms with Gasteiger partial charge in [-0.15, -0.1) is 0 Å². The number of carbonyl (C=O) groups is 1. The number of rotatable bonds is 17. The van der Waals surface area contributed by atoms with E-state index >= 15 is 0 Å². The molecule has 4 nitrogen and oxygen atoms in total. The Bertz CT molecular complexity index is 989. The zero-order chi connectivity index (χ0) is 37.2.